The van der Waals surface area contributed by atoms with Gasteiger partial charge < -0.3 is 20.5 Å². The Kier molecular flexibility index (Phi) is 9.70. The summed E-state index contributed by atoms with van der Waals surface area (Å²) < 4.78 is 5.11. The van der Waals surface area contributed by atoms with E-state index in [0.29, 0.717) is 6.42 Å². The predicted octanol–water partition coefficient (Wildman–Crippen LogP) is 2.27. The molecule has 154 valence electrons. The van der Waals surface area contributed by atoms with Crippen LogP contribution in [0, 0.1) is 5.92 Å². The van der Waals surface area contributed by atoms with Gasteiger partial charge in [-0.1, -0.05) is 51.1 Å². The van der Waals surface area contributed by atoms with Crippen LogP contribution in [0.5, 0.6) is 0 Å². The van der Waals surface area contributed by atoms with Crippen molar-refractivity contribution in [3.8, 4) is 0 Å². The van der Waals surface area contributed by atoms with Crippen molar-refractivity contribution in [3.63, 3.8) is 0 Å². The summed E-state index contributed by atoms with van der Waals surface area (Å²) in [5.41, 5.74) is 0.801. The molecule has 8 heteroatoms. The Morgan fingerprint density at radius 2 is 1.71 bits per heavy atom. The number of ketones is 1. The molecule has 2 amide bonds. The minimum absolute atomic E-state index is 0.00296. The highest BCUT2D eigenvalue weighted by Gasteiger charge is 2.29. The van der Waals surface area contributed by atoms with Gasteiger partial charge >= 0.3 is 12.1 Å². The van der Waals surface area contributed by atoms with Gasteiger partial charge in [0.15, 0.2) is 0 Å². The third-order valence-electron chi connectivity index (χ3n) is 4.16. The molecule has 8 nitrogen and oxygen atoms in total. The van der Waals surface area contributed by atoms with Crippen molar-refractivity contribution in [1.29, 1.82) is 0 Å². The smallest absolute Gasteiger partial charge is 0.408 e. The summed E-state index contributed by atoms with van der Waals surface area (Å²) in [7, 11) is 0. The van der Waals surface area contributed by atoms with Crippen molar-refractivity contribution < 1.29 is 29.0 Å². The Morgan fingerprint density at radius 1 is 1.07 bits per heavy atom. The molecule has 0 spiro atoms. The summed E-state index contributed by atoms with van der Waals surface area (Å²) in [6.07, 6.45) is -0.404. The molecule has 0 bridgehead atoms. The summed E-state index contributed by atoms with van der Waals surface area (Å²) >= 11 is 0. The van der Waals surface area contributed by atoms with Gasteiger partial charge in [0.1, 0.15) is 24.5 Å². The minimum Gasteiger partial charge on any atom is -0.480 e. The molecular weight excluding hydrogens is 364 g/mol. The molecule has 0 unspecified atom stereocenters. The third-order valence-corrected chi connectivity index (χ3v) is 4.16. The van der Waals surface area contributed by atoms with E-state index in [-0.39, 0.29) is 31.1 Å². The van der Waals surface area contributed by atoms with Gasteiger partial charge in [-0.15, -0.1) is 0 Å². The maximum Gasteiger partial charge on any atom is 0.408 e. The normalized spacial score (nSPS) is 12.7. The van der Waals surface area contributed by atoms with E-state index in [9.17, 15) is 24.3 Å². The van der Waals surface area contributed by atoms with E-state index in [2.05, 4.69) is 10.6 Å². The first kappa shape index (κ1) is 23.1. The van der Waals surface area contributed by atoms with Gasteiger partial charge in [-0.2, -0.15) is 0 Å². The first-order chi connectivity index (χ1) is 13.2. The van der Waals surface area contributed by atoms with Crippen LogP contribution in [0.2, 0.25) is 0 Å². The Hall–Kier alpha value is -2.90. The number of aliphatic carboxylic acids is 1. The van der Waals surface area contributed by atoms with Crippen molar-refractivity contribution in [2.45, 2.75) is 58.7 Å². The van der Waals surface area contributed by atoms with Gasteiger partial charge in [-0.05, 0) is 17.9 Å². The summed E-state index contributed by atoms with van der Waals surface area (Å²) in [6, 6.07) is 6.91. The Morgan fingerprint density at radius 3 is 2.25 bits per heavy atom. The summed E-state index contributed by atoms with van der Waals surface area (Å²) in [4.78, 5) is 47.3. The molecule has 2 atom stereocenters. The van der Waals surface area contributed by atoms with Crippen LogP contribution in [0.25, 0.3) is 0 Å². The lowest BCUT2D eigenvalue weighted by Gasteiger charge is -2.23. The summed E-state index contributed by atoms with van der Waals surface area (Å²) in [5.74, 6) is -2.24. The second-order valence-electron chi connectivity index (χ2n) is 6.76. The SMILES string of the molecule is CCC(=O)CC[C@@H](NC(=O)[C@@H](NC(=O)OCc1ccccc1)C(C)C)C(=O)O. The molecule has 0 aliphatic carbocycles. The van der Waals surface area contributed by atoms with Crippen LogP contribution in [-0.2, 0) is 25.7 Å². The van der Waals surface area contributed by atoms with Crippen molar-refractivity contribution in [3.05, 3.63) is 35.9 Å². The van der Waals surface area contributed by atoms with E-state index in [1.54, 1.807) is 32.9 Å². The second kappa shape index (κ2) is 11.7. The Labute approximate surface area is 164 Å². The topological polar surface area (TPSA) is 122 Å². The van der Waals surface area contributed by atoms with Crippen molar-refractivity contribution in [2.75, 3.05) is 0 Å². The molecule has 3 N–H and O–H groups in total. The van der Waals surface area contributed by atoms with Gasteiger partial charge in [-0.3, -0.25) is 9.59 Å². The van der Waals surface area contributed by atoms with Gasteiger partial charge in [0.05, 0.1) is 0 Å². The lowest BCUT2D eigenvalue weighted by atomic mass is 10.0. The number of benzene rings is 1. The zero-order valence-electron chi connectivity index (χ0n) is 16.4. The van der Waals surface area contributed by atoms with Gasteiger partial charge in [0.2, 0.25) is 5.91 Å². The standard InChI is InChI=1S/C20H28N2O6/c1-4-15(23)10-11-16(19(25)26)21-18(24)17(13(2)3)22-20(27)28-12-14-8-6-5-7-9-14/h5-9,13,16-17H,4,10-12H2,1-3H3,(H,21,24)(H,22,27)(H,25,26)/t16-,17+/m1/s1. The molecule has 1 aromatic rings. The largest absolute Gasteiger partial charge is 0.480 e. The van der Waals surface area contributed by atoms with Crippen LogP contribution in [0.1, 0.15) is 45.6 Å². The molecule has 0 fully saturated rings. The van der Waals surface area contributed by atoms with Crippen LogP contribution in [0.4, 0.5) is 4.79 Å². The fourth-order valence-electron chi connectivity index (χ4n) is 2.43. The monoisotopic (exact) mass is 392 g/mol. The predicted molar refractivity (Wildman–Crippen MR) is 102 cm³/mol. The van der Waals surface area contributed by atoms with Crippen molar-refractivity contribution in [1.82, 2.24) is 10.6 Å². The highest BCUT2D eigenvalue weighted by Crippen LogP contribution is 2.07. The molecular formula is C20H28N2O6. The number of carbonyl (C=O) groups excluding carboxylic acids is 3. The number of carboxylic acid groups (broad SMARTS) is 1. The number of rotatable bonds is 11. The van der Waals surface area contributed by atoms with E-state index in [0.717, 1.165) is 5.56 Å². The molecule has 0 saturated heterocycles. The number of alkyl carbamates (subject to hydrolysis) is 1. The quantitative estimate of drug-likeness (QED) is 0.531. The highest BCUT2D eigenvalue weighted by molar-refractivity contribution is 5.89. The fourth-order valence-corrected chi connectivity index (χ4v) is 2.43. The first-order valence-corrected chi connectivity index (χ1v) is 9.26. The molecule has 0 aliphatic heterocycles. The summed E-state index contributed by atoms with van der Waals surface area (Å²) in [5, 5.41) is 14.2. The number of carboxylic acids is 1. The number of amides is 2. The molecule has 0 saturated carbocycles. The van der Waals surface area contributed by atoms with Gasteiger partial charge in [-0.25, -0.2) is 9.59 Å². The number of carbonyl (C=O) groups is 4. The first-order valence-electron chi connectivity index (χ1n) is 9.26. The number of ether oxygens (including phenoxy) is 1. The van der Waals surface area contributed by atoms with Crippen molar-refractivity contribution in [2.24, 2.45) is 5.92 Å². The van der Waals surface area contributed by atoms with E-state index < -0.39 is 30.1 Å². The van der Waals surface area contributed by atoms with Gasteiger partial charge in [0.25, 0.3) is 0 Å². The van der Waals surface area contributed by atoms with Crippen LogP contribution in [0.3, 0.4) is 0 Å². The van der Waals surface area contributed by atoms with Crippen LogP contribution in [-0.4, -0.2) is 40.9 Å². The molecule has 0 radical (unpaired) electrons. The lowest BCUT2D eigenvalue weighted by Crippen LogP contribution is -2.53. The Balaban J connectivity index is 2.64. The van der Waals surface area contributed by atoms with Crippen LogP contribution in [0.15, 0.2) is 30.3 Å². The zero-order valence-corrected chi connectivity index (χ0v) is 16.4. The van der Waals surface area contributed by atoms with E-state index >= 15 is 0 Å². The molecule has 1 rings (SSSR count). The fraction of sp³-hybridized carbons (Fsp3) is 0.500. The molecule has 28 heavy (non-hydrogen) atoms. The third kappa shape index (κ3) is 8.20. The number of Topliss-reactive ketones (excluding diaryl/α,β-unsaturated/α-hetero) is 1. The molecule has 0 aromatic heterocycles. The van der Waals surface area contributed by atoms with E-state index in [1.807, 2.05) is 18.2 Å². The number of hydrogen-bond donors (Lipinski definition) is 3. The molecule has 0 heterocycles. The number of nitrogens with one attached hydrogen (secondary N) is 2. The lowest BCUT2D eigenvalue weighted by molar-refractivity contribution is -0.142. The van der Waals surface area contributed by atoms with E-state index in [4.69, 9.17) is 4.74 Å². The zero-order chi connectivity index (χ0) is 21.1. The minimum atomic E-state index is -1.23. The molecule has 0 aliphatic rings. The second-order valence-corrected chi connectivity index (χ2v) is 6.76. The van der Waals surface area contributed by atoms with Crippen LogP contribution >= 0.6 is 0 Å². The van der Waals surface area contributed by atoms with Gasteiger partial charge in [0, 0.05) is 12.8 Å². The average Bonchev–Trinajstić information content (AvgIpc) is 2.67. The highest BCUT2D eigenvalue weighted by atomic mass is 16.5. The maximum absolute atomic E-state index is 12.5. The maximum atomic E-state index is 12.5. The molecule has 1 aromatic carbocycles. The Bertz CT molecular complexity index is 675. The van der Waals surface area contributed by atoms with E-state index in [1.165, 1.54) is 0 Å². The average molecular weight is 392 g/mol. The van der Waals surface area contributed by atoms with Crippen molar-refractivity contribution >= 4 is 23.8 Å². The number of hydrogen-bond acceptors (Lipinski definition) is 5. The summed E-state index contributed by atoms with van der Waals surface area (Å²) in [6.45, 7) is 5.18. The van der Waals surface area contributed by atoms with Crippen LogP contribution < -0.4 is 10.6 Å².